The van der Waals surface area contributed by atoms with E-state index in [0.717, 1.165) is 0 Å². The van der Waals surface area contributed by atoms with E-state index >= 15 is 0 Å². The lowest BCUT2D eigenvalue weighted by atomic mass is 10.2. The molecular formula is C8H8Cl4F8N4O4P4. The highest BCUT2D eigenvalue weighted by molar-refractivity contribution is 8.19. The minimum Gasteiger partial charge on any atom is -0.300 e. The first-order valence-corrected chi connectivity index (χ1v) is 17.7. The Bertz CT molecular complexity index is 940. The number of rotatable bonds is 0. The van der Waals surface area contributed by atoms with E-state index in [4.69, 9.17) is 45.0 Å². The molecule has 2 saturated heterocycles. The predicted molar refractivity (Wildman–Crippen MR) is 104 cm³/mol. The molecule has 0 aromatic carbocycles. The second-order valence-corrected chi connectivity index (χ2v) is 20.5. The topological polar surface area (TPSA) is 86.4 Å². The molecule has 3 aliphatic rings. The van der Waals surface area contributed by atoms with Gasteiger partial charge in [0.2, 0.25) is 0 Å². The van der Waals surface area contributed by atoms with Crippen molar-refractivity contribution in [2.24, 2.45) is 18.1 Å². The van der Waals surface area contributed by atoms with Crippen LogP contribution in [-0.4, -0.2) is 50.1 Å². The van der Waals surface area contributed by atoms with Crippen molar-refractivity contribution in [3.8, 4) is 0 Å². The zero-order chi connectivity index (χ0) is 24.5. The summed E-state index contributed by atoms with van der Waals surface area (Å²) in [6.07, 6.45) is 0. The minimum absolute atomic E-state index is 2.07. The lowest BCUT2D eigenvalue weighted by Gasteiger charge is -2.26. The van der Waals surface area contributed by atoms with Crippen LogP contribution in [0.3, 0.4) is 0 Å². The summed E-state index contributed by atoms with van der Waals surface area (Å²) in [6.45, 7) is -8.27. The van der Waals surface area contributed by atoms with Crippen LogP contribution in [0.15, 0.2) is 18.1 Å². The number of hydrogen-bond acceptors (Lipinski definition) is 8. The van der Waals surface area contributed by atoms with E-state index in [1.54, 1.807) is 0 Å². The molecule has 0 amide bonds. The molecule has 0 aliphatic carbocycles. The molecular weight excluding hydrogens is 634 g/mol. The normalized spacial score (nSPS) is 33.1. The van der Waals surface area contributed by atoms with Crippen molar-refractivity contribution >= 4 is 72.1 Å². The molecule has 3 rings (SSSR count). The number of hydrogen-bond donors (Lipinski definition) is 0. The van der Waals surface area contributed by atoms with Gasteiger partial charge in [-0.3, -0.25) is 18.1 Å². The van der Waals surface area contributed by atoms with Gasteiger partial charge in [0, 0.05) is 0 Å². The van der Waals surface area contributed by atoms with Crippen molar-refractivity contribution in [1.29, 1.82) is 0 Å². The van der Waals surface area contributed by atoms with Crippen molar-refractivity contribution in [3.63, 3.8) is 0 Å². The third kappa shape index (κ3) is 5.68. The number of alkyl halides is 8. The van der Waals surface area contributed by atoms with Gasteiger partial charge in [0.05, 0.1) is 0 Å². The van der Waals surface area contributed by atoms with E-state index in [1.165, 1.54) is 0 Å². The van der Waals surface area contributed by atoms with Crippen LogP contribution < -0.4 is 0 Å². The molecule has 0 aromatic rings. The Labute approximate surface area is 193 Å². The Hall–Kier alpha value is 1.36. The van der Waals surface area contributed by atoms with E-state index < -0.39 is 77.3 Å². The van der Waals surface area contributed by atoms with E-state index in [9.17, 15) is 35.1 Å². The van der Waals surface area contributed by atoms with Gasteiger partial charge >= 0.3 is 39.0 Å². The Morgan fingerprint density at radius 2 is 0.750 bits per heavy atom. The highest BCUT2D eigenvalue weighted by Gasteiger charge is 2.63. The number of halogens is 12. The lowest BCUT2D eigenvalue weighted by molar-refractivity contribution is -0.222. The van der Waals surface area contributed by atoms with Crippen molar-refractivity contribution in [1.82, 2.24) is 0 Å². The average molecular weight is 642 g/mol. The van der Waals surface area contributed by atoms with E-state index in [-0.39, 0.29) is 0 Å². The van der Waals surface area contributed by atoms with Gasteiger partial charge in [0.25, 0.3) is 11.8 Å². The summed E-state index contributed by atoms with van der Waals surface area (Å²) in [6, 6.07) is 0. The summed E-state index contributed by atoms with van der Waals surface area (Å²) >= 11 is 23.5. The zero-order valence-corrected chi connectivity index (χ0v) is 21.2. The number of nitrogens with zero attached hydrogens (tertiary/aromatic N) is 4. The molecule has 0 aromatic heterocycles. The molecule has 0 atom stereocenters. The molecule has 3 aliphatic heterocycles. The average Bonchev–Trinajstić information content (AvgIpc) is 2.71. The molecule has 0 saturated carbocycles. The fraction of sp³-hybridized carbons (Fsp3) is 1.00. The first kappa shape index (κ1) is 27.9. The lowest BCUT2D eigenvalue weighted by Crippen LogP contribution is -2.45. The van der Waals surface area contributed by atoms with Crippen LogP contribution in [0.25, 0.3) is 0 Å². The van der Waals surface area contributed by atoms with Crippen molar-refractivity contribution in [3.05, 3.63) is 0 Å². The maximum Gasteiger partial charge on any atom is 0.347 e. The third-order valence-corrected chi connectivity index (χ3v) is 17.4. The third-order valence-electron chi connectivity index (χ3n) is 3.61. The molecule has 0 bridgehead atoms. The molecule has 188 valence electrons. The molecule has 24 heteroatoms. The van der Waals surface area contributed by atoms with Crippen LogP contribution in [0.2, 0.25) is 0 Å². The maximum atomic E-state index is 13.8. The van der Waals surface area contributed by atoms with Crippen LogP contribution in [-0.2, 0) is 18.1 Å². The van der Waals surface area contributed by atoms with Gasteiger partial charge in [0.15, 0.2) is 0 Å². The maximum absolute atomic E-state index is 13.8. The zero-order valence-electron chi connectivity index (χ0n) is 14.6. The summed E-state index contributed by atoms with van der Waals surface area (Å²) in [5.41, 5.74) is 0. The molecule has 0 unspecified atom stereocenters. The van der Waals surface area contributed by atoms with Crippen molar-refractivity contribution < 1.29 is 53.2 Å². The first-order valence-electron chi connectivity index (χ1n) is 7.59. The van der Waals surface area contributed by atoms with Crippen LogP contribution in [0.4, 0.5) is 35.1 Å². The summed E-state index contributed by atoms with van der Waals surface area (Å²) in [4.78, 5) is 0. The molecule has 3 heterocycles. The van der Waals surface area contributed by atoms with E-state index in [2.05, 4.69) is 36.2 Å². The summed E-state index contributed by atoms with van der Waals surface area (Å²) < 4.78 is 143. The van der Waals surface area contributed by atoms with Gasteiger partial charge in [-0.05, 0) is 45.0 Å². The molecule has 0 N–H and O–H groups in total. The van der Waals surface area contributed by atoms with Crippen LogP contribution in [0.1, 0.15) is 0 Å². The van der Waals surface area contributed by atoms with E-state index in [1.807, 2.05) is 0 Å². The predicted octanol–water partition coefficient (Wildman–Crippen LogP) is 9.37. The van der Waals surface area contributed by atoms with Crippen molar-refractivity contribution in [2.75, 3.05) is 26.4 Å². The smallest absolute Gasteiger partial charge is 0.300 e. The van der Waals surface area contributed by atoms with Gasteiger partial charge in [-0.1, -0.05) is 0 Å². The van der Waals surface area contributed by atoms with Crippen LogP contribution >= 0.6 is 72.1 Å². The Morgan fingerprint density at radius 3 is 1.09 bits per heavy atom. The quantitative estimate of drug-likeness (QED) is 0.195. The van der Waals surface area contributed by atoms with Gasteiger partial charge in [-0.2, -0.15) is 48.7 Å². The molecule has 32 heavy (non-hydrogen) atoms. The highest BCUT2D eigenvalue weighted by Crippen LogP contribution is 2.85. The fourth-order valence-corrected chi connectivity index (χ4v) is 19.2. The van der Waals surface area contributed by atoms with E-state index in [0.29, 0.717) is 0 Å². The van der Waals surface area contributed by atoms with Crippen LogP contribution in [0, 0.1) is 0 Å². The molecule has 8 nitrogen and oxygen atoms in total. The van der Waals surface area contributed by atoms with Gasteiger partial charge in [0.1, 0.15) is 26.4 Å². The monoisotopic (exact) mass is 640 g/mol. The van der Waals surface area contributed by atoms with Gasteiger partial charge < -0.3 is 0 Å². The van der Waals surface area contributed by atoms with Crippen molar-refractivity contribution in [2.45, 2.75) is 23.7 Å². The highest BCUT2D eigenvalue weighted by atomic mass is 35.9. The minimum atomic E-state index is -4.88. The first-order chi connectivity index (χ1) is 14.2. The summed E-state index contributed by atoms with van der Waals surface area (Å²) in [7, 11) is -9.75. The Morgan fingerprint density at radius 1 is 0.469 bits per heavy atom. The summed E-state index contributed by atoms with van der Waals surface area (Å²) in [5, 5.41) is 0. The molecule has 2 spiro atoms. The molecule has 0 radical (unpaired) electrons. The molecule has 2 fully saturated rings. The fourth-order valence-electron chi connectivity index (χ4n) is 1.98. The SMILES string of the molecule is FC1(F)COP2(=NP(Cl)(Cl)=NP(Cl)(Cl)=NP3(=N2)OCC(F)(F)C(F)(F)CO3)OCC1(F)F. The Kier molecular flexibility index (Phi) is 7.38. The van der Waals surface area contributed by atoms with Crippen LogP contribution in [0.5, 0.6) is 0 Å². The second kappa shape index (κ2) is 8.45. The standard InChI is InChI=1S/C8H8Cl4F8N4O4P4/c9-29(10)21-30(11,12)23-32(27-3-7(17,18)8(19,20)4-28-32)24-31(22-29)25-1-5(13,14)6(15,16)2-26-31/h1-4H2. The second-order valence-electron chi connectivity index (χ2n) is 6.16. The summed E-state index contributed by atoms with van der Waals surface area (Å²) in [5.74, 6) is -27.6. The van der Waals surface area contributed by atoms with Gasteiger partial charge in [-0.15, -0.1) is 4.52 Å². The Balaban J connectivity index is 2.26. The largest absolute Gasteiger partial charge is 0.347 e. The van der Waals surface area contributed by atoms with Gasteiger partial charge in [-0.25, -0.2) is 0 Å².